The fourth-order valence-corrected chi connectivity index (χ4v) is 4.56. The number of aromatic nitrogens is 2. The second kappa shape index (κ2) is 7.27. The predicted molar refractivity (Wildman–Crippen MR) is 102 cm³/mol. The average molecular weight is 399 g/mol. The van der Waals surface area contributed by atoms with E-state index in [4.69, 9.17) is 4.74 Å². The summed E-state index contributed by atoms with van der Waals surface area (Å²) in [5.41, 5.74) is 1.32. The van der Waals surface area contributed by atoms with Crippen LogP contribution >= 0.6 is 0 Å². The van der Waals surface area contributed by atoms with Crippen molar-refractivity contribution in [2.75, 3.05) is 26.3 Å². The number of ether oxygens (including phenoxy) is 1. The Hall–Kier alpha value is -2.88. The van der Waals surface area contributed by atoms with Gasteiger partial charge in [-0.1, -0.05) is 6.07 Å². The number of carboxylic acid groups (broad SMARTS) is 1. The van der Waals surface area contributed by atoms with Crippen molar-refractivity contribution in [3.63, 3.8) is 0 Å². The minimum Gasteiger partial charge on any atom is -0.478 e. The lowest BCUT2D eigenvalue weighted by Crippen LogP contribution is -2.40. The zero-order chi connectivity index (χ0) is 19.7. The van der Waals surface area contributed by atoms with Gasteiger partial charge in [0.2, 0.25) is 10.0 Å². The molecule has 3 heterocycles. The molecule has 0 unspecified atom stereocenters. The quantitative estimate of drug-likeness (QED) is 0.715. The van der Waals surface area contributed by atoms with E-state index in [1.54, 1.807) is 24.4 Å². The van der Waals surface area contributed by atoms with Crippen LogP contribution in [-0.4, -0.2) is 60.1 Å². The third-order valence-corrected chi connectivity index (χ3v) is 6.44. The van der Waals surface area contributed by atoms with Crippen LogP contribution in [0.4, 0.5) is 0 Å². The Kier molecular flexibility index (Phi) is 4.80. The van der Waals surface area contributed by atoms with E-state index in [0.717, 1.165) is 0 Å². The van der Waals surface area contributed by atoms with Gasteiger partial charge in [-0.25, -0.2) is 18.2 Å². The molecule has 0 radical (unpaired) electrons. The molecule has 0 saturated carbocycles. The maximum absolute atomic E-state index is 12.9. The molecule has 144 valence electrons. The Balaban J connectivity index is 1.85. The number of rotatable bonds is 4. The summed E-state index contributed by atoms with van der Waals surface area (Å²) in [7, 11) is -3.74. The van der Waals surface area contributed by atoms with Crippen molar-refractivity contribution in [1.82, 2.24) is 14.3 Å². The number of carbonyl (C=O) groups is 1. The molecule has 9 heteroatoms. The van der Waals surface area contributed by atoms with E-state index in [2.05, 4.69) is 9.97 Å². The normalized spacial score (nSPS) is 15.6. The fraction of sp³-hybridized carbons (Fsp3) is 0.211. The van der Waals surface area contributed by atoms with E-state index < -0.39 is 16.0 Å². The number of benzene rings is 1. The Morgan fingerprint density at radius 2 is 1.86 bits per heavy atom. The van der Waals surface area contributed by atoms with Crippen LogP contribution in [0.2, 0.25) is 0 Å². The molecule has 28 heavy (non-hydrogen) atoms. The molecule has 1 N–H and O–H groups in total. The van der Waals surface area contributed by atoms with Crippen molar-refractivity contribution < 1.29 is 23.1 Å². The smallest absolute Gasteiger partial charge is 0.336 e. The molecule has 2 aromatic heterocycles. The SMILES string of the molecule is O=C(O)c1cc(-c2ccccn2)nc2ccc(S(=O)(=O)N3CCOCC3)cc12. The van der Waals surface area contributed by atoms with Crippen LogP contribution in [0.25, 0.3) is 22.3 Å². The molecule has 3 aromatic rings. The van der Waals surface area contributed by atoms with Crippen molar-refractivity contribution in [3.8, 4) is 11.4 Å². The molecule has 1 saturated heterocycles. The molecule has 0 aliphatic carbocycles. The number of hydrogen-bond acceptors (Lipinski definition) is 6. The number of carboxylic acids is 1. The van der Waals surface area contributed by atoms with Gasteiger partial charge in [-0.05, 0) is 36.4 Å². The van der Waals surface area contributed by atoms with E-state index in [-0.39, 0.29) is 28.9 Å². The van der Waals surface area contributed by atoms with E-state index in [9.17, 15) is 18.3 Å². The molecule has 1 aromatic carbocycles. The molecule has 0 spiro atoms. The van der Waals surface area contributed by atoms with Gasteiger partial charge in [-0.15, -0.1) is 0 Å². The minimum absolute atomic E-state index is 0.0234. The predicted octanol–water partition coefficient (Wildman–Crippen LogP) is 2.02. The highest BCUT2D eigenvalue weighted by atomic mass is 32.2. The van der Waals surface area contributed by atoms with Crippen molar-refractivity contribution in [2.24, 2.45) is 0 Å². The monoisotopic (exact) mass is 399 g/mol. The molecule has 0 atom stereocenters. The standard InChI is InChI=1S/C19H17N3O5S/c23-19(24)15-12-18(17-3-1-2-6-20-17)21-16-5-4-13(11-14(15)16)28(25,26)22-7-9-27-10-8-22/h1-6,11-12H,7-10H2,(H,23,24). The highest BCUT2D eigenvalue weighted by Crippen LogP contribution is 2.27. The summed E-state index contributed by atoms with van der Waals surface area (Å²) in [6, 6.07) is 11.0. The van der Waals surface area contributed by atoms with Crippen molar-refractivity contribution in [2.45, 2.75) is 4.90 Å². The van der Waals surface area contributed by atoms with Crippen LogP contribution in [0.3, 0.4) is 0 Å². The number of nitrogens with zero attached hydrogens (tertiary/aromatic N) is 3. The van der Waals surface area contributed by atoms with Crippen LogP contribution in [0.1, 0.15) is 10.4 Å². The number of fused-ring (bicyclic) bond motifs is 1. The van der Waals surface area contributed by atoms with E-state index in [0.29, 0.717) is 30.1 Å². The molecule has 0 bridgehead atoms. The molecule has 8 nitrogen and oxygen atoms in total. The van der Waals surface area contributed by atoms with E-state index >= 15 is 0 Å². The summed E-state index contributed by atoms with van der Waals surface area (Å²) in [4.78, 5) is 20.5. The van der Waals surface area contributed by atoms with Gasteiger partial charge in [0.15, 0.2) is 0 Å². The summed E-state index contributed by atoms with van der Waals surface area (Å²) in [6.07, 6.45) is 1.60. The summed E-state index contributed by atoms with van der Waals surface area (Å²) >= 11 is 0. The fourth-order valence-electron chi connectivity index (χ4n) is 3.12. The van der Waals surface area contributed by atoms with Crippen LogP contribution in [0.5, 0.6) is 0 Å². The zero-order valence-electron chi connectivity index (χ0n) is 14.8. The summed E-state index contributed by atoms with van der Waals surface area (Å²) < 4.78 is 32.3. The van der Waals surface area contributed by atoms with Crippen molar-refractivity contribution in [3.05, 3.63) is 54.2 Å². The number of sulfonamides is 1. The molecule has 1 fully saturated rings. The first kappa shape index (κ1) is 18.5. The van der Waals surface area contributed by atoms with Crippen LogP contribution in [0.15, 0.2) is 53.6 Å². The van der Waals surface area contributed by atoms with Crippen molar-refractivity contribution >= 4 is 26.9 Å². The number of pyridine rings is 2. The molecular formula is C19H17N3O5S. The second-order valence-electron chi connectivity index (χ2n) is 6.27. The number of morpholine rings is 1. The average Bonchev–Trinajstić information content (AvgIpc) is 2.73. The minimum atomic E-state index is -3.74. The molecule has 0 amide bonds. The van der Waals surface area contributed by atoms with Crippen LogP contribution < -0.4 is 0 Å². The largest absolute Gasteiger partial charge is 0.478 e. The van der Waals surface area contributed by atoms with Gasteiger partial charge in [-0.3, -0.25) is 4.98 Å². The zero-order valence-corrected chi connectivity index (χ0v) is 15.6. The third-order valence-electron chi connectivity index (χ3n) is 4.55. The Labute approximate surface area is 161 Å². The van der Waals surface area contributed by atoms with Gasteiger partial charge >= 0.3 is 5.97 Å². The first-order valence-corrected chi connectivity index (χ1v) is 10.1. The Morgan fingerprint density at radius 1 is 1.07 bits per heavy atom. The molecule has 1 aliphatic rings. The Bertz CT molecular complexity index is 1140. The third kappa shape index (κ3) is 3.35. The van der Waals surface area contributed by atoms with Gasteiger partial charge in [0.05, 0.1) is 40.6 Å². The lowest BCUT2D eigenvalue weighted by molar-refractivity contribution is 0.0699. The van der Waals surface area contributed by atoms with Crippen molar-refractivity contribution in [1.29, 1.82) is 0 Å². The summed E-state index contributed by atoms with van der Waals surface area (Å²) in [6.45, 7) is 1.20. The number of hydrogen-bond donors (Lipinski definition) is 1. The van der Waals surface area contributed by atoms with Gasteiger partial charge in [0.25, 0.3) is 0 Å². The molecule has 1 aliphatic heterocycles. The summed E-state index contributed by atoms with van der Waals surface area (Å²) in [5, 5.41) is 9.94. The molecule has 4 rings (SSSR count). The molecular weight excluding hydrogens is 382 g/mol. The second-order valence-corrected chi connectivity index (χ2v) is 8.21. The highest BCUT2D eigenvalue weighted by molar-refractivity contribution is 7.89. The first-order chi connectivity index (χ1) is 13.5. The van der Waals surface area contributed by atoms with Gasteiger partial charge in [0, 0.05) is 24.7 Å². The maximum atomic E-state index is 12.9. The van der Waals surface area contributed by atoms with Crippen LogP contribution in [0, 0.1) is 0 Å². The lowest BCUT2D eigenvalue weighted by Gasteiger charge is -2.26. The van der Waals surface area contributed by atoms with Gasteiger partial charge in [-0.2, -0.15) is 4.31 Å². The van der Waals surface area contributed by atoms with Gasteiger partial charge in [0.1, 0.15) is 0 Å². The van der Waals surface area contributed by atoms with E-state index in [1.807, 2.05) is 0 Å². The van der Waals surface area contributed by atoms with Crippen LogP contribution in [-0.2, 0) is 14.8 Å². The topological polar surface area (TPSA) is 110 Å². The van der Waals surface area contributed by atoms with E-state index in [1.165, 1.54) is 28.6 Å². The Morgan fingerprint density at radius 3 is 2.54 bits per heavy atom. The maximum Gasteiger partial charge on any atom is 0.336 e. The highest BCUT2D eigenvalue weighted by Gasteiger charge is 2.27. The summed E-state index contributed by atoms with van der Waals surface area (Å²) in [5.74, 6) is -1.16. The lowest BCUT2D eigenvalue weighted by atomic mass is 10.1. The first-order valence-electron chi connectivity index (χ1n) is 8.64. The van der Waals surface area contributed by atoms with Gasteiger partial charge < -0.3 is 9.84 Å². The number of aromatic carboxylic acids is 1.